The van der Waals surface area contributed by atoms with Gasteiger partial charge in [0.2, 0.25) is 0 Å². The van der Waals surface area contributed by atoms with Crippen LogP contribution in [0.2, 0.25) is 0 Å². The van der Waals surface area contributed by atoms with Crippen molar-refractivity contribution in [2.75, 3.05) is 43.6 Å². The van der Waals surface area contributed by atoms with Crippen LogP contribution in [0, 0.1) is 0 Å². The van der Waals surface area contributed by atoms with Gasteiger partial charge in [-0.15, -0.1) is 0 Å². The van der Waals surface area contributed by atoms with Crippen molar-refractivity contribution in [1.29, 1.82) is 0 Å². The smallest absolute Gasteiger partial charge is 0.383 e. The minimum absolute atomic E-state index is 0.0188. The molecule has 3 heterocycles. The average Bonchev–Trinajstić information content (AvgIpc) is 3.50. The van der Waals surface area contributed by atoms with Gasteiger partial charge in [0.1, 0.15) is 5.82 Å². The van der Waals surface area contributed by atoms with Crippen molar-refractivity contribution in [2.24, 2.45) is 0 Å². The summed E-state index contributed by atoms with van der Waals surface area (Å²) in [5, 5.41) is 3.15. The lowest BCUT2D eigenvalue weighted by molar-refractivity contribution is -0.137. The van der Waals surface area contributed by atoms with Crippen molar-refractivity contribution in [3.8, 4) is 0 Å². The van der Waals surface area contributed by atoms with Gasteiger partial charge in [0.05, 0.1) is 23.4 Å². The van der Waals surface area contributed by atoms with Crippen LogP contribution in [0.4, 0.5) is 30.2 Å². The highest BCUT2D eigenvalue weighted by atomic mass is 19.4. The maximum atomic E-state index is 14.7. The van der Waals surface area contributed by atoms with Gasteiger partial charge in [-0.2, -0.15) is 13.2 Å². The molecule has 1 amide bonds. The normalized spacial score (nSPS) is 18.0. The third-order valence-corrected chi connectivity index (χ3v) is 6.78. The molecule has 0 atom stereocenters. The Labute approximate surface area is 212 Å². The number of carbonyl (C=O) groups excluding carboxylic acids is 1. The van der Waals surface area contributed by atoms with Crippen LogP contribution in [-0.2, 0) is 15.7 Å². The van der Waals surface area contributed by atoms with Crippen molar-refractivity contribution < 1.29 is 22.7 Å². The van der Waals surface area contributed by atoms with Crippen molar-refractivity contribution >= 4 is 34.6 Å². The molecule has 1 aromatic heterocycles. The molecule has 0 aliphatic carbocycles. The molecule has 194 valence electrons. The van der Waals surface area contributed by atoms with Crippen LogP contribution in [0.25, 0.3) is 11.6 Å². The van der Waals surface area contributed by atoms with Crippen LogP contribution in [0.1, 0.15) is 29.8 Å². The fourth-order valence-electron chi connectivity index (χ4n) is 5.00. The number of nitrogens with zero attached hydrogens (tertiary/aromatic N) is 3. The summed E-state index contributed by atoms with van der Waals surface area (Å²) < 4.78 is 49.3. The van der Waals surface area contributed by atoms with Gasteiger partial charge in [0, 0.05) is 62.1 Å². The number of aromatic nitrogens is 2. The number of fused-ring (bicyclic) bond motifs is 1. The molecule has 2 aliphatic heterocycles. The molecule has 2 N–H and O–H groups in total. The number of alkyl halides is 3. The highest BCUT2D eigenvalue weighted by Gasteiger charge is 2.45. The number of halogens is 3. The van der Waals surface area contributed by atoms with E-state index in [0.29, 0.717) is 31.0 Å². The van der Waals surface area contributed by atoms with E-state index in [0.717, 1.165) is 19.6 Å². The molecule has 1 saturated heterocycles. The molecule has 0 spiro atoms. The van der Waals surface area contributed by atoms with E-state index in [4.69, 9.17) is 4.74 Å². The number of imidazole rings is 1. The first kappa shape index (κ1) is 25.0. The van der Waals surface area contributed by atoms with Crippen molar-refractivity contribution in [2.45, 2.75) is 25.1 Å². The number of aromatic amines is 1. The molecule has 0 saturated carbocycles. The zero-order valence-electron chi connectivity index (χ0n) is 20.4. The number of piperidine rings is 1. The fraction of sp³-hybridized carbons (Fsp3) is 0.333. The van der Waals surface area contributed by atoms with E-state index in [1.165, 1.54) is 23.2 Å². The number of nitrogens with one attached hydrogen (secondary N) is 2. The van der Waals surface area contributed by atoms with Gasteiger partial charge >= 0.3 is 6.18 Å². The Kier molecular flexibility index (Phi) is 7.03. The maximum absolute atomic E-state index is 14.7. The number of carbonyl (C=O) groups is 1. The second-order valence-electron chi connectivity index (χ2n) is 9.14. The minimum atomic E-state index is -4.69. The summed E-state index contributed by atoms with van der Waals surface area (Å²) in [6, 6.07) is 11.6. The Morgan fingerprint density at radius 3 is 2.57 bits per heavy atom. The van der Waals surface area contributed by atoms with E-state index in [2.05, 4.69) is 20.2 Å². The summed E-state index contributed by atoms with van der Waals surface area (Å²) in [5.74, 6) is -0.231. The van der Waals surface area contributed by atoms with Crippen LogP contribution in [0.3, 0.4) is 0 Å². The van der Waals surface area contributed by atoms with Gasteiger partial charge in [-0.05, 0) is 43.2 Å². The number of rotatable bonds is 7. The maximum Gasteiger partial charge on any atom is 0.419 e. The zero-order chi connectivity index (χ0) is 26.0. The molecule has 10 heteroatoms. The standard InChI is InChI=1S/C27H28F3N5O2/c1-37-16-15-34-13-9-18(10-14-34)33-21-7-8-22-24(25(21)27(28,29)30)20(17-23-31-11-12-32-23)26(36)35(22)19-5-3-2-4-6-19/h2-8,11-12,17-18,33H,9-10,13-16H2,1H3,(H,31,32). The SMILES string of the molecule is COCCN1CCC(Nc2ccc3c(c2C(F)(F)F)C(=Cc2ncc[nH]2)C(=O)N3c2ccccc2)CC1. The first-order chi connectivity index (χ1) is 17.9. The molecule has 2 aliphatic rings. The van der Waals surface area contributed by atoms with E-state index in [1.807, 2.05) is 0 Å². The molecule has 37 heavy (non-hydrogen) atoms. The van der Waals surface area contributed by atoms with Gasteiger partial charge < -0.3 is 19.9 Å². The number of hydrogen-bond donors (Lipinski definition) is 2. The lowest BCUT2D eigenvalue weighted by Gasteiger charge is -2.33. The van der Waals surface area contributed by atoms with Gasteiger partial charge in [0.15, 0.2) is 0 Å². The van der Waals surface area contributed by atoms with Crippen LogP contribution in [-0.4, -0.2) is 60.2 Å². The number of methoxy groups -OCH3 is 1. The Morgan fingerprint density at radius 2 is 1.92 bits per heavy atom. The molecule has 2 aromatic carbocycles. The first-order valence-electron chi connectivity index (χ1n) is 12.2. The fourth-order valence-corrected chi connectivity index (χ4v) is 5.00. The van der Waals surface area contributed by atoms with E-state index in [9.17, 15) is 18.0 Å². The second-order valence-corrected chi connectivity index (χ2v) is 9.14. The third-order valence-electron chi connectivity index (χ3n) is 6.78. The number of H-pyrrole nitrogens is 1. The quantitative estimate of drug-likeness (QED) is 0.428. The summed E-state index contributed by atoms with van der Waals surface area (Å²) in [6.45, 7) is 2.97. The van der Waals surface area contributed by atoms with E-state index in [1.54, 1.807) is 49.7 Å². The summed E-state index contributed by atoms with van der Waals surface area (Å²) in [6.07, 6.45) is 1.16. The highest BCUT2D eigenvalue weighted by molar-refractivity contribution is 6.38. The number of likely N-dealkylation sites (tertiary alicyclic amines) is 1. The van der Waals surface area contributed by atoms with E-state index < -0.39 is 17.6 Å². The molecule has 5 rings (SSSR count). The zero-order valence-corrected chi connectivity index (χ0v) is 20.4. The molecular weight excluding hydrogens is 483 g/mol. The molecule has 3 aromatic rings. The number of amides is 1. The van der Waals surface area contributed by atoms with Crippen molar-refractivity contribution in [3.05, 3.63) is 71.8 Å². The summed E-state index contributed by atoms with van der Waals surface area (Å²) >= 11 is 0. The number of ether oxygens (including phenoxy) is 1. The van der Waals surface area contributed by atoms with Gasteiger partial charge in [-0.25, -0.2) is 4.98 Å². The van der Waals surface area contributed by atoms with Gasteiger partial charge in [-0.1, -0.05) is 18.2 Å². The minimum Gasteiger partial charge on any atom is -0.383 e. The third kappa shape index (κ3) is 5.12. The lowest BCUT2D eigenvalue weighted by Crippen LogP contribution is -2.40. The van der Waals surface area contributed by atoms with E-state index >= 15 is 0 Å². The topological polar surface area (TPSA) is 73.5 Å². The molecular formula is C27H28F3N5O2. The summed E-state index contributed by atoms with van der Waals surface area (Å²) in [7, 11) is 1.65. The largest absolute Gasteiger partial charge is 0.419 e. The molecule has 7 nitrogen and oxygen atoms in total. The first-order valence-corrected chi connectivity index (χ1v) is 12.2. The van der Waals surface area contributed by atoms with Crippen LogP contribution in [0.5, 0.6) is 0 Å². The van der Waals surface area contributed by atoms with Crippen molar-refractivity contribution in [3.63, 3.8) is 0 Å². The molecule has 0 bridgehead atoms. The number of para-hydroxylation sites is 1. The number of anilines is 3. The molecule has 0 radical (unpaired) electrons. The van der Waals surface area contributed by atoms with Crippen molar-refractivity contribution in [1.82, 2.24) is 14.9 Å². The average molecular weight is 512 g/mol. The Hall–Kier alpha value is -3.63. The van der Waals surface area contributed by atoms with Crippen LogP contribution >= 0.6 is 0 Å². The molecule has 1 fully saturated rings. The Bertz CT molecular complexity index is 1270. The van der Waals surface area contributed by atoms with Gasteiger partial charge in [0.25, 0.3) is 5.91 Å². The summed E-state index contributed by atoms with van der Waals surface area (Å²) in [5.41, 5.74) is -0.361. The summed E-state index contributed by atoms with van der Waals surface area (Å²) in [4.78, 5) is 24.1. The van der Waals surface area contributed by atoms with E-state index in [-0.39, 0.29) is 28.6 Å². The van der Waals surface area contributed by atoms with Crippen LogP contribution in [0.15, 0.2) is 54.9 Å². The predicted octanol–water partition coefficient (Wildman–Crippen LogP) is 5.17. The van der Waals surface area contributed by atoms with Gasteiger partial charge in [-0.3, -0.25) is 9.69 Å². The Morgan fingerprint density at radius 1 is 1.16 bits per heavy atom. The Balaban J connectivity index is 1.56. The predicted molar refractivity (Wildman–Crippen MR) is 136 cm³/mol. The lowest BCUT2D eigenvalue weighted by atomic mass is 9.96. The molecule has 0 unspecified atom stereocenters. The second kappa shape index (κ2) is 10.4. The highest BCUT2D eigenvalue weighted by Crippen LogP contribution is 2.50. The number of hydrogen-bond acceptors (Lipinski definition) is 5. The number of benzene rings is 2. The van der Waals surface area contributed by atoms with Crippen LogP contribution < -0.4 is 10.2 Å². The monoisotopic (exact) mass is 511 g/mol.